The van der Waals surface area contributed by atoms with Crippen LogP contribution in [0.15, 0.2) is 22.7 Å². The van der Waals surface area contributed by atoms with Gasteiger partial charge in [-0.2, -0.15) is 4.98 Å². The van der Waals surface area contributed by atoms with Gasteiger partial charge in [-0.1, -0.05) is 5.16 Å². The minimum atomic E-state index is 0. The summed E-state index contributed by atoms with van der Waals surface area (Å²) in [6.45, 7) is 0.469. The van der Waals surface area contributed by atoms with Gasteiger partial charge in [0.1, 0.15) is 11.5 Å². The zero-order valence-electron chi connectivity index (χ0n) is 10.8. The molecule has 7 heteroatoms. The number of methoxy groups -OCH3 is 2. The number of nitrogens with zero attached hydrogens (tertiary/aromatic N) is 2. The van der Waals surface area contributed by atoms with Gasteiger partial charge in [-0.25, -0.2) is 0 Å². The van der Waals surface area contributed by atoms with Crippen LogP contribution in [-0.4, -0.2) is 30.9 Å². The number of ether oxygens (including phenoxy) is 2. The normalized spacial score (nSPS) is 9.84. The molecule has 0 saturated carbocycles. The van der Waals surface area contributed by atoms with Crippen LogP contribution in [0.25, 0.3) is 11.4 Å². The van der Waals surface area contributed by atoms with Crippen LogP contribution in [0.5, 0.6) is 11.5 Å². The molecule has 0 aliphatic rings. The topological polar surface area (TPSA) is 83.4 Å². The van der Waals surface area contributed by atoms with Crippen molar-refractivity contribution in [2.75, 3.05) is 20.8 Å². The van der Waals surface area contributed by atoms with Gasteiger partial charge >= 0.3 is 0 Å². The molecule has 19 heavy (non-hydrogen) atoms. The highest BCUT2D eigenvalue weighted by Gasteiger charge is 2.14. The van der Waals surface area contributed by atoms with Gasteiger partial charge in [-0.15, -0.1) is 12.4 Å². The zero-order valence-corrected chi connectivity index (χ0v) is 11.6. The van der Waals surface area contributed by atoms with Gasteiger partial charge in [0.05, 0.1) is 19.8 Å². The molecule has 1 aromatic heterocycles. The zero-order chi connectivity index (χ0) is 13.0. The van der Waals surface area contributed by atoms with E-state index < -0.39 is 0 Å². The maximum absolute atomic E-state index is 5.44. The summed E-state index contributed by atoms with van der Waals surface area (Å²) in [5.74, 6) is 2.35. The summed E-state index contributed by atoms with van der Waals surface area (Å²) in [4.78, 5) is 4.26. The summed E-state index contributed by atoms with van der Waals surface area (Å²) in [5.41, 5.74) is 6.16. The lowest BCUT2D eigenvalue weighted by molar-refractivity contribution is 0.379. The van der Waals surface area contributed by atoms with Crippen molar-refractivity contribution in [3.05, 3.63) is 24.1 Å². The van der Waals surface area contributed by atoms with E-state index in [0.717, 1.165) is 5.56 Å². The third-order valence-electron chi connectivity index (χ3n) is 2.47. The second-order valence-electron chi connectivity index (χ2n) is 3.62. The van der Waals surface area contributed by atoms with Crippen LogP contribution < -0.4 is 15.2 Å². The number of benzene rings is 1. The van der Waals surface area contributed by atoms with E-state index in [9.17, 15) is 0 Å². The van der Waals surface area contributed by atoms with Gasteiger partial charge < -0.3 is 19.7 Å². The van der Waals surface area contributed by atoms with Crippen LogP contribution in [-0.2, 0) is 6.42 Å². The Kier molecular flexibility index (Phi) is 5.59. The van der Waals surface area contributed by atoms with E-state index in [4.69, 9.17) is 19.7 Å². The lowest BCUT2D eigenvalue weighted by atomic mass is 10.2. The third kappa shape index (κ3) is 3.36. The Morgan fingerprint density at radius 2 is 2.05 bits per heavy atom. The number of nitrogens with two attached hydrogens (primary N) is 1. The highest BCUT2D eigenvalue weighted by molar-refractivity contribution is 5.85. The molecule has 1 aromatic carbocycles. The fourth-order valence-electron chi connectivity index (χ4n) is 1.58. The Morgan fingerprint density at radius 1 is 1.26 bits per heavy atom. The molecule has 0 spiro atoms. The fourth-order valence-corrected chi connectivity index (χ4v) is 1.58. The van der Waals surface area contributed by atoms with Crippen molar-refractivity contribution in [3.63, 3.8) is 0 Å². The van der Waals surface area contributed by atoms with E-state index in [1.807, 2.05) is 6.07 Å². The van der Waals surface area contributed by atoms with Gasteiger partial charge in [0.2, 0.25) is 11.7 Å². The molecule has 2 rings (SSSR count). The Balaban J connectivity index is 0.00000180. The summed E-state index contributed by atoms with van der Waals surface area (Å²) in [5, 5.41) is 3.91. The number of hydrogen-bond acceptors (Lipinski definition) is 6. The number of aromatic nitrogens is 2. The molecule has 0 radical (unpaired) electrons. The van der Waals surface area contributed by atoms with Crippen LogP contribution in [0.3, 0.4) is 0 Å². The van der Waals surface area contributed by atoms with Crippen molar-refractivity contribution in [1.29, 1.82) is 0 Å². The van der Waals surface area contributed by atoms with Crippen molar-refractivity contribution in [3.8, 4) is 22.9 Å². The molecule has 0 bridgehead atoms. The van der Waals surface area contributed by atoms with Crippen LogP contribution >= 0.6 is 12.4 Å². The molecule has 0 unspecified atom stereocenters. The minimum Gasteiger partial charge on any atom is -0.497 e. The number of rotatable bonds is 5. The van der Waals surface area contributed by atoms with E-state index in [1.54, 1.807) is 26.4 Å². The molecule has 2 aromatic rings. The lowest BCUT2D eigenvalue weighted by Crippen LogP contribution is -2.02. The first kappa shape index (κ1) is 15.3. The van der Waals surface area contributed by atoms with Gasteiger partial charge in [0.15, 0.2) is 0 Å². The molecular formula is C12H16ClN3O3. The first-order chi connectivity index (χ1) is 8.78. The Hall–Kier alpha value is -1.79. The van der Waals surface area contributed by atoms with Crippen LogP contribution in [0.2, 0.25) is 0 Å². The molecule has 6 nitrogen and oxygen atoms in total. The lowest BCUT2D eigenvalue weighted by Gasteiger charge is -2.06. The van der Waals surface area contributed by atoms with Crippen molar-refractivity contribution < 1.29 is 14.0 Å². The molecule has 0 aliphatic carbocycles. The van der Waals surface area contributed by atoms with E-state index >= 15 is 0 Å². The van der Waals surface area contributed by atoms with E-state index in [0.29, 0.717) is 36.2 Å². The Morgan fingerprint density at radius 3 is 2.68 bits per heavy atom. The van der Waals surface area contributed by atoms with Crippen molar-refractivity contribution >= 4 is 12.4 Å². The molecule has 0 aliphatic heterocycles. The maximum Gasteiger partial charge on any atom is 0.228 e. The molecule has 0 fully saturated rings. The van der Waals surface area contributed by atoms with E-state index in [1.165, 1.54) is 0 Å². The summed E-state index contributed by atoms with van der Waals surface area (Å²) >= 11 is 0. The van der Waals surface area contributed by atoms with E-state index in [2.05, 4.69) is 10.1 Å². The predicted octanol–water partition coefficient (Wildman–Crippen LogP) is 1.68. The second-order valence-corrected chi connectivity index (χ2v) is 3.62. The second kappa shape index (κ2) is 6.96. The summed E-state index contributed by atoms with van der Waals surface area (Å²) in [7, 11) is 3.19. The van der Waals surface area contributed by atoms with Crippen LogP contribution in [0, 0.1) is 0 Å². The predicted molar refractivity (Wildman–Crippen MR) is 72.8 cm³/mol. The van der Waals surface area contributed by atoms with Crippen LogP contribution in [0.4, 0.5) is 0 Å². The molecule has 0 saturated heterocycles. The summed E-state index contributed by atoms with van der Waals surface area (Å²) < 4.78 is 15.5. The third-order valence-corrected chi connectivity index (χ3v) is 2.47. The Labute approximate surface area is 117 Å². The maximum atomic E-state index is 5.44. The highest BCUT2D eigenvalue weighted by atomic mass is 35.5. The number of halogens is 1. The van der Waals surface area contributed by atoms with Gasteiger partial charge in [0.25, 0.3) is 0 Å². The first-order valence-corrected chi connectivity index (χ1v) is 5.53. The molecular weight excluding hydrogens is 270 g/mol. The number of hydrogen-bond donors (Lipinski definition) is 1. The van der Waals surface area contributed by atoms with Gasteiger partial charge in [0, 0.05) is 13.0 Å². The van der Waals surface area contributed by atoms with Gasteiger partial charge in [-0.05, 0) is 18.2 Å². The van der Waals surface area contributed by atoms with Crippen molar-refractivity contribution in [2.45, 2.75) is 6.42 Å². The smallest absolute Gasteiger partial charge is 0.228 e. The molecule has 0 amide bonds. The van der Waals surface area contributed by atoms with E-state index in [-0.39, 0.29) is 12.4 Å². The molecule has 1 heterocycles. The SMILES string of the molecule is COc1ccc(OC)c(-c2noc(CCN)n2)c1.Cl. The monoisotopic (exact) mass is 285 g/mol. The minimum absolute atomic E-state index is 0. The van der Waals surface area contributed by atoms with Crippen LogP contribution in [0.1, 0.15) is 5.89 Å². The summed E-state index contributed by atoms with van der Waals surface area (Å²) in [6, 6.07) is 5.41. The first-order valence-electron chi connectivity index (χ1n) is 5.53. The quantitative estimate of drug-likeness (QED) is 0.900. The molecule has 2 N–H and O–H groups in total. The average Bonchev–Trinajstić information content (AvgIpc) is 2.87. The van der Waals surface area contributed by atoms with Crippen molar-refractivity contribution in [1.82, 2.24) is 10.1 Å². The molecule has 104 valence electrons. The highest BCUT2D eigenvalue weighted by Crippen LogP contribution is 2.31. The molecule has 0 atom stereocenters. The fraction of sp³-hybridized carbons (Fsp3) is 0.333. The average molecular weight is 286 g/mol. The Bertz CT molecular complexity index is 531. The summed E-state index contributed by atoms with van der Waals surface area (Å²) in [6.07, 6.45) is 0.555. The van der Waals surface area contributed by atoms with Gasteiger partial charge in [-0.3, -0.25) is 0 Å². The largest absolute Gasteiger partial charge is 0.497 e. The standard InChI is InChI=1S/C12H15N3O3.ClH/c1-16-8-3-4-10(17-2)9(7-8)12-14-11(5-6-13)18-15-12;/h3-4,7H,5-6,13H2,1-2H3;1H. The van der Waals surface area contributed by atoms with Crippen molar-refractivity contribution in [2.24, 2.45) is 5.73 Å².